The third-order valence-electron chi connectivity index (χ3n) is 2.65. The van der Waals surface area contributed by atoms with Gasteiger partial charge in [-0.15, -0.1) is 5.11 Å². The van der Waals surface area contributed by atoms with Gasteiger partial charge in [0.15, 0.2) is 11.5 Å². The number of azo groups is 1. The van der Waals surface area contributed by atoms with E-state index in [-0.39, 0.29) is 17.3 Å². The number of aryl methyl sites for hydroxylation is 1. The molecule has 0 aliphatic heterocycles. The molecule has 0 aliphatic carbocycles. The molecule has 0 aliphatic rings. The Morgan fingerprint density at radius 2 is 2.20 bits per heavy atom. The van der Waals surface area contributed by atoms with Crippen molar-refractivity contribution in [3.8, 4) is 0 Å². The molecular formula is C11H10N8O. The summed E-state index contributed by atoms with van der Waals surface area (Å²) in [6, 6.07) is 7.40. The van der Waals surface area contributed by atoms with E-state index in [1.807, 2.05) is 25.1 Å². The van der Waals surface area contributed by atoms with Crippen molar-refractivity contribution < 1.29 is 0 Å². The Hall–Kier alpha value is -3.10. The zero-order valence-corrected chi connectivity index (χ0v) is 10.5. The molecule has 0 radical (unpaired) electrons. The van der Waals surface area contributed by atoms with E-state index in [1.165, 1.54) is 4.52 Å². The molecule has 2 aromatic heterocycles. The van der Waals surface area contributed by atoms with E-state index < -0.39 is 5.56 Å². The second-order valence-electron chi connectivity index (χ2n) is 4.14. The van der Waals surface area contributed by atoms with Crippen LogP contribution in [-0.2, 0) is 0 Å². The van der Waals surface area contributed by atoms with Crippen molar-refractivity contribution in [2.75, 3.05) is 5.73 Å². The average Bonchev–Trinajstić information content (AvgIpc) is 2.87. The van der Waals surface area contributed by atoms with Crippen LogP contribution in [0.1, 0.15) is 5.56 Å². The summed E-state index contributed by atoms with van der Waals surface area (Å²) in [6.07, 6.45) is 0. The van der Waals surface area contributed by atoms with Crippen LogP contribution in [0, 0.1) is 6.92 Å². The van der Waals surface area contributed by atoms with Gasteiger partial charge < -0.3 is 5.73 Å². The highest BCUT2D eigenvalue weighted by Crippen LogP contribution is 2.20. The average molecular weight is 270 g/mol. The number of anilines is 1. The van der Waals surface area contributed by atoms with Gasteiger partial charge in [0.05, 0.1) is 5.69 Å². The number of nitrogen functional groups attached to an aromatic ring is 1. The Balaban J connectivity index is 2.08. The van der Waals surface area contributed by atoms with E-state index >= 15 is 0 Å². The lowest BCUT2D eigenvalue weighted by Gasteiger charge is -1.99. The normalized spacial score (nSPS) is 11.4. The van der Waals surface area contributed by atoms with Crippen LogP contribution in [0.5, 0.6) is 0 Å². The molecule has 0 unspecified atom stereocenters. The molecule has 0 bridgehead atoms. The Bertz CT molecular complexity index is 862. The maximum atomic E-state index is 11.8. The fourth-order valence-electron chi connectivity index (χ4n) is 1.70. The zero-order valence-electron chi connectivity index (χ0n) is 10.5. The van der Waals surface area contributed by atoms with Crippen LogP contribution < -0.4 is 11.3 Å². The Morgan fingerprint density at radius 3 is 3.00 bits per heavy atom. The number of fused-ring (bicyclic) bond motifs is 1. The van der Waals surface area contributed by atoms with Crippen LogP contribution in [0.2, 0.25) is 0 Å². The predicted octanol–water partition coefficient (Wildman–Crippen LogP) is 1.12. The standard InChI is InChI=1S/C11H10N8O/c1-6-3-2-4-7(5-6)14-15-8-9(12)19-11(13-10(8)20)16-17-18-19/h2-5H,12H2,1H3,(H,13,16,18,20). The molecule has 0 spiro atoms. The lowest BCUT2D eigenvalue weighted by atomic mass is 10.2. The number of rotatable bonds is 2. The molecule has 9 heteroatoms. The van der Waals surface area contributed by atoms with Crippen molar-refractivity contribution in [3.63, 3.8) is 0 Å². The number of aromatic nitrogens is 5. The van der Waals surface area contributed by atoms with Crippen molar-refractivity contribution >= 4 is 23.0 Å². The summed E-state index contributed by atoms with van der Waals surface area (Å²) in [5.74, 6) is 0.187. The molecule has 0 amide bonds. The maximum Gasteiger partial charge on any atom is 0.282 e. The largest absolute Gasteiger partial charge is 0.381 e. The predicted molar refractivity (Wildman–Crippen MR) is 71.2 cm³/mol. The summed E-state index contributed by atoms with van der Waals surface area (Å²) in [4.78, 5) is 14.3. The van der Waals surface area contributed by atoms with Crippen molar-refractivity contribution in [2.24, 2.45) is 10.2 Å². The lowest BCUT2D eigenvalue weighted by molar-refractivity contribution is 0.826. The Kier molecular flexibility index (Phi) is 2.71. The molecule has 3 rings (SSSR count). The molecule has 100 valence electrons. The number of tetrazole rings is 1. The monoisotopic (exact) mass is 270 g/mol. The van der Waals surface area contributed by atoms with E-state index in [4.69, 9.17) is 5.73 Å². The molecule has 20 heavy (non-hydrogen) atoms. The van der Waals surface area contributed by atoms with Crippen LogP contribution >= 0.6 is 0 Å². The number of aromatic amines is 1. The molecule has 0 saturated carbocycles. The van der Waals surface area contributed by atoms with Gasteiger partial charge in [-0.2, -0.15) is 9.63 Å². The van der Waals surface area contributed by atoms with Gasteiger partial charge in [-0.3, -0.25) is 9.78 Å². The number of nitrogens with zero attached hydrogens (tertiary/aromatic N) is 6. The molecule has 9 nitrogen and oxygen atoms in total. The summed E-state index contributed by atoms with van der Waals surface area (Å²) in [7, 11) is 0. The number of nitrogens with one attached hydrogen (secondary N) is 1. The fraction of sp³-hybridized carbons (Fsp3) is 0.0909. The summed E-state index contributed by atoms with van der Waals surface area (Å²) >= 11 is 0. The van der Waals surface area contributed by atoms with Crippen LogP contribution in [0.4, 0.5) is 17.2 Å². The smallest absolute Gasteiger partial charge is 0.282 e. The first-order valence-electron chi connectivity index (χ1n) is 5.73. The fourth-order valence-corrected chi connectivity index (χ4v) is 1.70. The lowest BCUT2D eigenvalue weighted by Crippen LogP contribution is -2.13. The summed E-state index contributed by atoms with van der Waals surface area (Å²) in [5, 5.41) is 18.5. The molecule has 0 fully saturated rings. The molecule has 0 atom stereocenters. The first kappa shape index (κ1) is 12.0. The number of hydrogen-bond donors (Lipinski definition) is 2. The molecule has 3 N–H and O–H groups in total. The van der Waals surface area contributed by atoms with Gasteiger partial charge >= 0.3 is 0 Å². The number of benzene rings is 1. The van der Waals surface area contributed by atoms with Gasteiger partial charge in [0.2, 0.25) is 0 Å². The van der Waals surface area contributed by atoms with Crippen LogP contribution in [-0.4, -0.2) is 25.0 Å². The number of hydrogen-bond acceptors (Lipinski definition) is 7. The van der Waals surface area contributed by atoms with Crippen LogP contribution in [0.15, 0.2) is 39.3 Å². The van der Waals surface area contributed by atoms with Crippen molar-refractivity contribution in [1.29, 1.82) is 0 Å². The topological polar surface area (TPSA) is 127 Å². The zero-order chi connectivity index (χ0) is 14.1. The third kappa shape index (κ3) is 2.00. The molecule has 0 saturated heterocycles. The minimum Gasteiger partial charge on any atom is -0.381 e. The quantitative estimate of drug-likeness (QED) is 0.674. The van der Waals surface area contributed by atoms with Gasteiger partial charge in [-0.05, 0) is 35.0 Å². The molecule has 3 aromatic rings. The Labute approximate surface area is 112 Å². The van der Waals surface area contributed by atoms with Gasteiger partial charge in [0.1, 0.15) is 0 Å². The van der Waals surface area contributed by atoms with E-state index in [2.05, 4.69) is 30.7 Å². The second-order valence-corrected chi connectivity index (χ2v) is 4.14. The van der Waals surface area contributed by atoms with Gasteiger partial charge in [-0.25, -0.2) is 0 Å². The summed E-state index contributed by atoms with van der Waals surface area (Å²) in [6.45, 7) is 1.94. The van der Waals surface area contributed by atoms with Crippen LogP contribution in [0.3, 0.4) is 0 Å². The van der Waals surface area contributed by atoms with E-state index in [9.17, 15) is 4.79 Å². The van der Waals surface area contributed by atoms with Crippen LogP contribution in [0.25, 0.3) is 5.78 Å². The molecule has 1 aromatic carbocycles. The number of H-pyrrole nitrogens is 1. The van der Waals surface area contributed by atoms with Gasteiger partial charge in [0, 0.05) is 0 Å². The SMILES string of the molecule is Cc1cccc(N=Nc2c(N)n3nnnc3[nH]c2=O)c1. The first-order chi connectivity index (χ1) is 9.65. The van der Waals surface area contributed by atoms with Crippen molar-refractivity contribution in [2.45, 2.75) is 6.92 Å². The third-order valence-corrected chi connectivity index (χ3v) is 2.65. The molecule has 2 heterocycles. The highest BCUT2D eigenvalue weighted by atomic mass is 16.1. The number of nitrogens with two attached hydrogens (primary N) is 1. The maximum absolute atomic E-state index is 11.8. The summed E-state index contributed by atoms with van der Waals surface area (Å²) < 4.78 is 1.19. The highest BCUT2D eigenvalue weighted by Gasteiger charge is 2.11. The van der Waals surface area contributed by atoms with E-state index in [1.54, 1.807) is 6.07 Å². The van der Waals surface area contributed by atoms with Crippen molar-refractivity contribution in [3.05, 3.63) is 40.2 Å². The van der Waals surface area contributed by atoms with E-state index in [0.29, 0.717) is 5.69 Å². The minimum atomic E-state index is -0.499. The highest BCUT2D eigenvalue weighted by molar-refractivity contribution is 5.59. The van der Waals surface area contributed by atoms with Gasteiger partial charge in [-0.1, -0.05) is 17.2 Å². The van der Waals surface area contributed by atoms with E-state index in [0.717, 1.165) is 5.56 Å². The minimum absolute atomic E-state index is 0.0325. The van der Waals surface area contributed by atoms with Crippen molar-refractivity contribution in [1.82, 2.24) is 25.0 Å². The molecular weight excluding hydrogens is 260 g/mol. The summed E-state index contributed by atoms with van der Waals surface area (Å²) in [5.41, 5.74) is 6.94. The van der Waals surface area contributed by atoms with Gasteiger partial charge in [0.25, 0.3) is 11.3 Å². The Morgan fingerprint density at radius 1 is 1.35 bits per heavy atom. The second kappa shape index (κ2) is 4.53. The first-order valence-corrected chi connectivity index (χ1v) is 5.73.